The van der Waals surface area contributed by atoms with Crippen molar-refractivity contribution in [2.45, 2.75) is 10.3 Å². The Balaban J connectivity index is 1.62. The number of nitrogens with zero attached hydrogens (tertiary/aromatic N) is 1. The predicted octanol–water partition coefficient (Wildman–Crippen LogP) is 1.37. The zero-order valence-corrected chi connectivity index (χ0v) is 12.2. The van der Waals surface area contributed by atoms with Gasteiger partial charge in [-0.1, -0.05) is 22.6 Å². The molecule has 0 radical (unpaired) electrons. The van der Waals surface area contributed by atoms with E-state index in [0.717, 1.165) is 51.3 Å². The van der Waals surface area contributed by atoms with Crippen molar-refractivity contribution >= 4 is 45.6 Å². The van der Waals surface area contributed by atoms with Crippen LogP contribution in [-0.4, -0.2) is 14.7 Å². The zero-order chi connectivity index (χ0) is 11.5. The van der Waals surface area contributed by atoms with E-state index < -0.39 is 0 Å². The van der Waals surface area contributed by atoms with Gasteiger partial charge in [-0.25, -0.2) is 0 Å². The average Bonchev–Trinajstić information content (AvgIpc) is 2.97. The number of alkyl halides is 1. The van der Waals surface area contributed by atoms with Gasteiger partial charge in [0.15, 0.2) is 5.11 Å². The van der Waals surface area contributed by atoms with E-state index in [1.54, 1.807) is 0 Å². The normalized spacial score (nSPS) is 65.7. The molecule has 0 aliphatic heterocycles. The van der Waals surface area contributed by atoms with Crippen LogP contribution in [0.25, 0.3) is 0 Å². The Kier molecular flexibility index (Phi) is 1.65. The van der Waals surface area contributed by atoms with Crippen molar-refractivity contribution in [2.24, 2.45) is 58.2 Å². The van der Waals surface area contributed by atoms with Gasteiger partial charge in [0.25, 0.3) is 0 Å². The molecule has 0 aromatic heterocycles. The fraction of sp³-hybridized carbons (Fsp3) is 0.833. The molecule has 0 amide bonds. The molecule has 0 unspecified atom stereocenters. The van der Waals surface area contributed by atoms with Gasteiger partial charge in [0.2, 0.25) is 0 Å². The summed E-state index contributed by atoms with van der Waals surface area (Å²) in [6.45, 7) is 0. The largest absolute Gasteiger partial charge is 0.375 e. The summed E-state index contributed by atoms with van der Waals surface area (Å²) < 4.78 is 0.921. The number of hydrogen-bond donors (Lipinski definition) is 2. The highest BCUT2D eigenvalue weighted by Gasteiger charge is 2.82. The Bertz CT molecular complexity index is 476. The molecule has 5 heteroatoms. The highest BCUT2D eigenvalue weighted by Crippen LogP contribution is 2.82. The Morgan fingerprint density at radius 3 is 2.71 bits per heavy atom. The lowest BCUT2D eigenvalue weighted by Gasteiger charge is -2.32. The third-order valence-electron chi connectivity index (χ3n) is 6.34. The van der Waals surface area contributed by atoms with Crippen LogP contribution in [0.3, 0.4) is 0 Å². The van der Waals surface area contributed by atoms with E-state index in [1.165, 1.54) is 12.1 Å². The van der Waals surface area contributed by atoms with Crippen LogP contribution >= 0.6 is 34.8 Å². The van der Waals surface area contributed by atoms with Gasteiger partial charge in [0.05, 0.1) is 0 Å². The molecule has 3 N–H and O–H groups in total. The second kappa shape index (κ2) is 2.81. The Hall–Kier alpha value is 0.0900. The number of nitrogens with two attached hydrogens (primary N) is 1. The first-order valence-corrected chi connectivity index (χ1v) is 8.12. The second-order valence-corrected chi connectivity index (χ2v) is 8.26. The maximum Gasteiger partial charge on any atom is 0.184 e. The van der Waals surface area contributed by atoms with Gasteiger partial charge >= 0.3 is 0 Å². The fourth-order valence-electron chi connectivity index (χ4n) is 6.49. The lowest BCUT2D eigenvalue weighted by molar-refractivity contribution is 0.132. The van der Waals surface area contributed by atoms with Gasteiger partial charge in [0, 0.05) is 21.5 Å². The molecule has 3 nitrogen and oxygen atoms in total. The summed E-state index contributed by atoms with van der Waals surface area (Å²) in [7, 11) is 0. The molecule has 6 rings (SSSR count). The number of nitrogens with one attached hydrogen (secondary N) is 1. The van der Waals surface area contributed by atoms with Crippen molar-refractivity contribution in [1.29, 1.82) is 0 Å². The van der Waals surface area contributed by atoms with Crippen LogP contribution in [0, 0.1) is 47.3 Å². The summed E-state index contributed by atoms with van der Waals surface area (Å²) in [5.41, 5.74) is 9.78. The summed E-state index contributed by atoms with van der Waals surface area (Å²) in [4.78, 5) is 0. The standard InChI is InChI=1S/C12H14IN3S/c13-10-6-2-1-3-4(6)9-8(10)5(2)7(3)11(9)15-16-12(14)17/h2-10H,1H2,(H3,14,16,17)/b15-11+/t2-,3-,4-,5-,6-,7+,8+,9-,10+/m0/s1. The topological polar surface area (TPSA) is 50.4 Å². The van der Waals surface area contributed by atoms with Crippen LogP contribution < -0.4 is 11.2 Å². The third kappa shape index (κ3) is 0.856. The molecule has 9 atom stereocenters. The Labute approximate surface area is 119 Å². The molecule has 17 heavy (non-hydrogen) atoms. The van der Waals surface area contributed by atoms with Crippen molar-refractivity contribution < 1.29 is 0 Å². The molecule has 0 heterocycles. The summed E-state index contributed by atoms with van der Waals surface area (Å²) in [5.74, 6) is 7.46. The van der Waals surface area contributed by atoms with Gasteiger partial charge in [-0.2, -0.15) is 5.10 Å². The van der Waals surface area contributed by atoms with Gasteiger partial charge < -0.3 is 5.73 Å². The van der Waals surface area contributed by atoms with Crippen molar-refractivity contribution in [2.75, 3.05) is 0 Å². The van der Waals surface area contributed by atoms with E-state index in [1.807, 2.05) is 0 Å². The minimum Gasteiger partial charge on any atom is -0.375 e. The molecule has 6 fully saturated rings. The predicted molar refractivity (Wildman–Crippen MR) is 77.7 cm³/mol. The van der Waals surface area contributed by atoms with E-state index >= 15 is 0 Å². The van der Waals surface area contributed by atoms with Crippen molar-refractivity contribution in [3.63, 3.8) is 0 Å². The van der Waals surface area contributed by atoms with E-state index in [4.69, 9.17) is 18.0 Å². The maximum absolute atomic E-state index is 5.50. The van der Waals surface area contributed by atoms with Crippen LogP contribution in [0.15, 0.2) is 5.10 Å². The van der Waals surface area contributed by atoms with Crippen LogP contribution in [0.4, 0.5) is 0 Å². The van der Waals surface area contributed by atoms with E-state index in [-0.39, 0.29) is 0 Å². The third-order valence-corrected chi connectivity index (χ3v) is 8.09. The molecule has 0 aromatic carbocycles. The summed E-state index contributed by atoms with van der Waals surface area (Å²) in [6, 6.07) is 0. The minimum absolute atomic E-state index is 0.307. The molecule has 0 saturated heterocycles. The summed E-state index contributed by atoms with van der Waals surface area (Å²) in [6.07, 6.45) is 1.49. The highest BCUT2D eigenvalue weighted by atomic mass is 127. The molecular formula is C12H14IN3S. The Morgan fingerprint density at radius 2 is 2.00 bits per heavy atom. The van der Waals surface area contributed by atoms with Gasteiger partial charge in [0.1, 0.15) is 0 Å². The van der Waals surface area contributed by atoms with E-state index in [2.05, 4.69) is 33.1 Å². The van der Waals surface area contributed by atoms with Crippen molar-refractivity contribution in [1.82, 2.24) is 5.43 Å². The van der Waals surface area contributed by atoms with Gasteiger partial charge in [-0.15, -0.1) is 0 Å². The van der Waals surface area contributed by atoms with E-state index in [0.29, 0.717) is 5.11 Å². The maximum atomic E-state index is 5.50. The lowest BCUT2D eigenvalue weighted by Crippen LogP contribution is -2.30. The molecule has 6 bridgehead atoms. The molecule has 0 aromatic rings. The lowest BCUT2D eigenvalue weighted by atomic mass is 9.71. The number of rotatable bonds is 1. The van der Waals surface area contributed by atoms with Crippen molar-refractivity contribution in [3.05, 3.63) is 0 Å². The van der Waals surface area contributed by atoms with E-state index in [9.17, 15) is 0 Å². The van der Waals surface area contributed by atoms with Crippen LogP contribution in [0.1, 0.15) is 6.42 Å². The zero-order valence-electron chi connectivity index (χ0n) is 9.21. The Morgan fingerprint density at radius 1 is 1.24 bits per heavy atom. The fourth-order valence-corrected chi connectivity index (χ4v) is 8.48. The molecule has 0 spiro atoms. The van der Waals surface area contributed by atoms with Crippen LogP contribution in [0.2, 0.25) is 0 Å². The SMILES string of the molecule is NC(=S)N/N=C1\[C@@H]2[C@H]3C[C@@H]4[C@@H]5[C@@H](I)[C@@H]([C@@H]1[C@@H]35)[C@@H]42. The second-order valence-electron chi connectivity index (χ2n) is 6.38. The highest BCUT2D eigenvalue weighted by molar-refractivity contribution is 14.1. The smallest absolute Gasteiger partial charge is 0.184 e. The van der Waals surface area contributed by atoms with Crippen molar-refractivity contribution in [3.8, 4) is 0 Å². The summed E-state index contributed by atoms with van der Waals surface area (Å²) in [5, 5.41) is 4.88. The molecule has 6 aliphatic rings. The number of hydrogen-bond acceptors (Lipinski definition) is 2. The first kappa shape index (κ1) is 9.95. The molecule has 6 aliphatic carbocycles. The van der Waals surface area contributed by atoms with Crippen LogP contribution in [0.5, 0.6) is 0 Å². The first-order chi connectivity index (χ1) is 8.20. The molecule has 90 valence electrons. The van der Waals surface area contributed by atoms with Crippen LogP contribution in [-0.2, 0) is 0 Å². The average molecular weight is 359 g/mol. The monoisotopic (exact) mass is 359 g/mol. The number of thiocarbonyl (C=S) groups is 1. The number of halogens is 1. The quantitative estimate of drug-likeness (QED) is 0.322. The van der Waals surface area contributed by atoms with Gasteiger partial charge in [-0.05, 0) is 54.1 Å². The minimum atomic E-state index is 0.307. The number of hydrazone groups is 1. The summed E-state index contributed by atoms with van der Waals surface area (Å²) >= 11 is 7.59. The van der Waals surface area contributed by atoms with Gasteiger partial charge in [-0.3, -0.25) is 5.43 Å². The molecular weight excluding hydrogens is 345 g/mol. The molecule has 6 saturated carbocycles. The first-order valence-electron chi connectivity index (χ1n) is 6.47.